The molecule has 0 aliphatic heterocycles. The van der Waals surface area contributed by atoms with Gasteiger partial charge in [-0.2, -0.15) is 0 Å². The molecule has 0 saturated carbocycles. The lowest BCUT2D eigenvalue weighted by atomic mass is 10.0. The van der Waals surface area contributed by atoms with Crippen LogP contribution < -0.4 is 37.2 Å². The summed E-state index contributed by atoms with van der Waals surface area (Å²) < 4.78 is 21.2. The van der Waals surface area contributed by atoms with Crippen molar-refractivity contribution in [2.45, 2.75) is 179 Å². The van der Waals surface area contributed by atoms with Gasteiger partial charge in [-0.1, -0.05) is 64.2 Å². The molecule has 4 unspecified atom stereocenters. The maximum absolute atomic E-state index is 12.5. The van der Waals surface area contributed by atoms with Crippen molar-refractivity contribution in [1.29, 1.82) is 0 Å². The first-order valence-corrected chi connectivity index (χ1v) is 26.9. The number of carbonyl (C=O) groups excluding carboxylic acids is 7. The van der Waals surface area contributed by atoms with Crippen molar-refractivity contribution in [3.63, 3.8) is 0 Å². The van der Waals surface area contributed by atoms with Crippen molar-refractivity contribution in [2.24, 2.45) is 0 Å². The van der Waals surface area contributed by atoms with E-state index in [4.69, 9.17) is 24.1 Å². The predicted octanol–water partition coefficient (Wildman–Crippen LogP) is 1.34. The summed E-state index contributed by atoms with van der Waals surface area (Å²) in [5.41, 5.74) is 0. The minimum Gasteiger partial charge on any atom is -0.481 e. The van der Waals surface area contributed by atoms with Crippen LogP contribution in [0.5, 0.6) is 0 Å². The first kappa shape index (κ1) is 71.2. The van der Waals surface area contributed by atoms with Crippen molar-refractivity contribution in [3.8, 4) is 0 Å². The molecule has 0 spiro atoms. The van der Waals surface area contributed by atoms with Crippen LogP contribution in [0.1, 0.15) is 155 Å². The van der Waals surface area contributed by atoms with E-state index in [0.717, 1.165) is 70.6 Å². The van der Waals surface area contributed by atoms with Gasteiger partial charge in [0.15, 0.2) is 0 Å². The Morgan fingerprint density at radius 1 is 0.351 bits per heavy atom. The zero-order valence-corrected chi connectivity index (χ0v) is 45.3. The van der Waals surface area contributed by atoms with E-state index in [1.54, 1.807) is 7.05 Å². The zero-order valence-electron chi connectivity index (χ0n) is 45.3. The second kappa shape index (κ2) is 47.4. The molecule has 0 rings (SSSR count). The number of carboxylic acids is 4. The summed E-state index contributed by atoms with van der Waals surface area (Å²) in [6.45, 7) is 1.82. The summed E-state index contributed by atoms with van der Waals surface area (Å²) in [7, 11) is 1.69. The Morgan fingerprint density at radius 2 is 0.714 bits per heavy atom. The summed E-state index contributed by atoms with van der Waals surface area (Å²) in [5, 5.41) is 55.0. The van der Waals surface area contributed by atoms with E-state index in [2.05, 4.69) is 37.2 Å². The van der Waals surface area contributed by atoms with E-state index in [-0.39, 0.29) is 122 Å². The molecule has 0 aromatic heterocycles. The van der Waals surface area contributed by atoms with Gasteiger partial charge >= 0.3 is 23.9 Å². The molecule has 0 aliphatic carbocycles. The fourth-order valence-electron chi connectivity index (χ4n) is 7.47. The molecule has 0 saturated heterocycles. The van der Waals surface area contributed by atoms with Crippen molar-refractivity contribution >= 4 is 65.1 Å². The number of carbonyl (C=O) groups is 11. The molecule has 26 heteroatoms. The fourth-order valence-corrected chi connectivity index (χ4v) is 7.47. The van der Waals surface area contributed by atoms with Gasteiger partial charge in [0.1, 0.15) is 37.1 Å². The minimum absolute atomic E-state index is 0.0161. The number of carboxylic acid groups (broad SMARTS) is 4. The number of nitrogens with one attached hydrogen (secondary N) is 7. The van der Waals surface area contributed by atoms with E-state index in [1.807, 2.05) is 0 Å². The molecule has 6 amide bonds. The number of ketones is 1. The maximum atomic E-state index is 12.5. The third-order valence-corrected chi connectivity index (χ3v) is 11.9. The van der Waals surface area contributed by atoms with Crippen LogP contribution in [-0.2, 0) is 71.7 Å². The van der Waals surface area contributed by atoms with E-state index in [0.29, 0.717) is 32.2 Å². The molecule has 4 atom stereocenters. The summed E-state index contributed by atoms with van der Waals surface area (Å²) >= 11 is 0. The Labute approximate surface area is 451 Å². The molecule has 77 heavy (non-hydrogen) atoms. The van der Waals surface area contributed by atoms with E-state index >= 15 is 0 Å². The van der Waals surface area contributed by atoms with E-state index in [9.17, 15) is 68.1 Å². The van der Waals surface area contributed by atoms with Gasteiger partial charge in [-0.25, -0.2) is 14.4 Å². The molecule has 0 aromatic carbocycles. The van der Waals surface area contributed by atoms with Gasteiger partial charge in [0.05, 0.1) is 45.7 Å². The number of hydrogen-bond acceptors (Lipinski definition) is 16. The number of aliphatic carboxylic acids is 4. The van der Waals surface area contributed by atoms with Crippen LogP contribution in [0.25, 0.3) is 0 Å². The largest absolute Gasteiger partial charge is 0.481 e. The molecule has 0 radical (unpaired) electrons. The Bertz CT molecular complexity index is 1760. The SMILES string of the molecule is CNC(CCCCNC(=O)CCC(NC(=O)CCC(NC(=O)COCCOCCNC(=O)COCCOCCNC(=O)CCC(NC(=O)CCCCCCCCCCCCCCC(=O)O)C(=O)O)C(=O)O)C(=O)O)C(C)=O. The normalized spacial score (nSPS) is 12.5. The summed E-state index contributed by atoms with van der Waals surface area (Å²) in [5.74, 6) is -7.92. The molecule has 0 aromatic rings. The third-order valence-electron chi connectivity index (χ3n) is 11.9. The lowest BCUT2D eigenvalue weighted by Crippen LogP contribution is -2.45. The van der Waals surface area contributed by atoms with Crippen LogP contribution in [0.3, 0.4) is 0 Å². The Hall–Kier alpha value is -5.83. The summed E-state index contributed by atoms with van der Waals surface area (Å²) in [6.07, 6.45) is 13.0. The van der Waals surface area contributed by atoms with Gasteiger partial charge in [-0.15, -0.1) is 0 Å². The second-order valence-electron chi connectivity index (χ2n) is 18.5. The van der Waals surface area contributed by atoms with Crippen molar-refractivity contribution in [2.75, 3.05) is 79.5 Å². The zero-order chi connectivity index (χ0) is 57.5. The van der Waals surface area contributed by atoms with Gasteiger partial charge in [-0.3, -0.25) is 38.4 Å². The molecule has 442 valence electrons. The van der Waals surface area contributed by atoms with Crippen LogP contribution in [0, 0.1) is 0 Å². The maximum Gasteiger partial charge on any atom is 0.326 e. The van der Waals surface area contributed by atoms with Gasteiger partial charge in [-0.05, 0) is 65.3 Å². The molecule has 0 heterocycles. The average Bonchev–Trinajstić information content (AvgIpc) is 3.37. The lowest BCUT2D eigenvalue weighted by Gasteiger charge is -2.17. The van der Waals surface area contributed by atoms with E-state index < -0.39 is 84.6 Å². The highest BCUT2D eigenvalue weighted by molar-refractivity contribution is 5.87. The van der Waals surface area contributed by atoms with Crippen LogP contribution >= 0.6 is 0 Å². The van der Waals surface area contributed by atoms with Crippen LogP contribution in [0.4, 0.5) is 0 Å². The quantitative estimate of drug-likeness (QED) is 0.0383. The van der Waals surface area contributed by atoms with Gasteiger partial charge in [0.25, 0.3) is 0 Å². The van der Waals surface area contributed by atoms with Crippen molar-refractivity contribution < 1.29 is 92.1 Å². The molecule has 11 N–H and O–H groups in total. The monoisotopic (exact) mass is 1100 g/mol. The molecule has 26 nitrogen and oxygen atoms in total. The molecule has 0 aliphatic rings. The van der Waals surface area contributed by atoms with Crippen molar-refractivity contribution in [1.82, 2.24) is 37.2 Å². The number of unbranched alkanes of at least 4 members (excludes halogenated alkanes) is 12. The van der Waals surface area contributed by atoms with Crippen LogP contribution in [0.2, 0.25) is 0 Å². The Kier molecular flexibility index (Phi) is 43.8. The molecule has 0 bridgehead atoms. The Morgan fingerprint density at radius 3 is 1.14 bits per heavy atom. The first-order chi connectivity index (χ1) is 36.9. The average molecular weight is 1100 g/mol. The second-order valence-corrected chi connectivity index (χ2v) is 18.5. The number of rotatable bonds is 53. The standard InChI is InChI=1S/C51H89N7O19/c1-37(59)38(52-2)17-15-16-26-53-42(60)23-20-40(50(70)71)57-45(63)25-22-41(51(72)73)58-47(65)36-77-34-32-75-30-28-55-46(64)35-76-33-31-74-29-27-54-43(61)24-21-39(49(68)69)56-44(62)18-13-11-9-7-5-3-4-6-8-10-12-14-19-48(66)67/h38-41,52H,3-36H2,1-2H3,(H,53,60)(H,54,61)(H,55,64)(H,56,62)(H,57,63)(H,58,65)(H,66,67)(H,68,69)(H,70,71)(H,72,73). The highest BCUT2D eigenvalue weighted by atomic mass is 16.5. The molecule has 0 fully saturated rings. The molecular formula is C51H89N7O19. The predicted molar refractivity (Wildman–Crippen MR) is 278 cm³/mol. The smallest absolute Gasteiger partial charge is 0.326 e. The van der Waals surface area contributed by atoms with E-state index in [1.165, 1.54) is 6.92 Å². The highest BCUT2D eigenvalue weighted by Gasteiger charge is 2.25. The summed E-state index contributed by atoms with van der Waals surface area (Å²) in [6, 6.07) is -4.33. The summed E-state index contributed by atoms with van der Waals surface area (Å²) in [4.78, 5) is 131. The van der Waals surface area contributed by atoms with Crippen molar-refractivity contribution in [3.05, 3.63) is 0 Å². The minimum atomic E-state index is -1.48. The molecular weight excluding hydrogens is 1010 g/mol. The van der Waals surface area contributed by atoms with Crippen LogP contribution in [0.15, 0.2) is 0 Å². The first-order valence-electron chi connectivity index (χ1n) is 26.9. The number of ether oxygens (including phenoxy) is 4. The van der Waals surface area contributed by atoms with Gasteiger partial charge < -0.3 is 76.6 Å². The Balaban J connectivity index is 3.99. The number of amides is 6. The van der Waals surface area contributed by atoms with Gasteiger partial charge in [0, 0.05) is 51.7 Å². The fraction of sp³-hybridized carbons (Fsp3) is 0.784. The van der Waals surface area contributed by atoms with Crippen LogP contribution in [-0.4, -0.2) is 189 Å². The topological polar surface area (TPSA) is 390 Å². The highest BCUT2D eigenvalue weighted by Crippen LogP contribution is 2.13. The number of Topliss-reactive ketones (excluding diaryl/α,β-unsaturated/α-hetero) is 1. The number of likely N-dealkylation sites (N-methyl/N-ethyl adjacent to an activating group) is 1. The lowest BCUT2D eigenvalue weighted by molar-refractivity contribution is -0.144. The number of hydrogen-bond donors (Lipinski definition) is 11. The third kappa shape index (κ3) is 43.9. The van der Waals surface area contributed by atoms with Gasteiger partial charge in [0.2, 0.25) is 35.4 Å².